The zero-order chi connectivity index (χ0) is 24.7. The smallest absolute Gasteiger partial charge is 0.261 e. The molecule has 2 fully saturated rings. The summed E-state index contributed by atoms with van der Waals surface area (Å²) in [5.41, 5.74) is 0.791. The van der Waals surface area contributed by atoms with Gasteiger partial charge in [-0.1, -0.05) is 30.7 Å². The average molecular weight is 502 g/mol. The van der Waals surface area contributed by atoms with Crippen molar-refractivity contribution >= 4 is 29.2 Å². The summed E-state index contributed by atoms with van der Waals surface area (Å²) in [6, 6.07) is 6.05. The summed E-state index contributed by atoms with van der Waals surface area (Å²) >= 11 is 6.79. The summed E-state index contributed by atoms with van der Waals surface area (Å²) < 4.78 is 21.0. The molecular formula is C25H29ClFN5O3. The Balaban J connectivity index is 1.66. The van der Waals surface area contributed by atoms with E-state index in [0.717, 1.165) is 0 Å². The Morgan fingerprint density at radius 3 is 2.80 bits per heavy atom. The predicted octanol–water partition coefficient (Wildman–Crippen LogP) is 2.79. The minimum absolute atomic E-state index is 0.0921. The summed E-state index contributed by atoms with van der Waals surface area (Å²) in [7, 11) is 0. The number of nitrogens with one attached hydrogen (secondary N) is 1. The molecule has 35 heavy (non-hydrogen) atoms. The van der Waals surface area contributed by atoms with E-state index in [9.17, 15) is 14.0 Å². The second-order valence-corrected chi connectivity index (χ2v) is 9.56. The van der Waals surface area contributed by atoms with Crippen LogP contribution in [0.2, 0.25) is 5.02 Å². The van der Waals surface area contributed by atoms with Gasteiger partial charge in [0.25, 0.3) is 5.91 Å². The maximum absolute atomic E-state index is 14.8. The Kier molecular flexibility index (Phi) is 6.55. The number of rotatable bonds is 3. The van der Waals surface area contributed by atoms with E-state index in [1.807, 2.05) is 28.5 Å². The lowest BCUT2D eigenvalue weighted by Gasteiger charge is -2.41. The van der Waals surface area contributed by atoms with Gasteiger partial charge in [-0.3, -0.25) is 9.59 Å². The fraction of sp³-hybridized carbons (Fsp3) is 0.480. The average Bonchev–Trinajstić information content (AvgIpc) is 3.02. The van der Waals surface area contributed by atoms with Crippen LogP contribution in [0.1, 0.15) is 30.6 Å². The highest BCUT2D eigenvalue weighted by atomic mass is 35.5. The molecule has 186 valence electrons. The summed E-state index contributed by atoms with van der Waals surface area (Å²) in [6.45, 7) is 7.49. The van der Waals surface area contributed by atoms with E-state index in [4.69, 9.17) is 21.3 Å². The van der Waals surface area contributed by atoms with E-state index in [1.165, 1.54) is 6.07 Å². The van der Waals surface area contributed by atoms with E-state index in [1.54, 1.807) is 18.2 Å². The van der Waals surface area contributed by atoms with Crippen molar-refractivity contribution in [3.05, 3.63) is 40.7 Å². The van der Waals surface area contributed by atoms with Crippen molar-refractivity contribution in [2.45, 2.75) is 32.4 Å². The van der Waals surface area contributed by atoms with Gasteiger partial charge in [-0.05, 0) is 19.1 Å². The Morgan fingerprint density at radius 1 is 1.26 bits per heavy atom. The molecule has 10 heteroatoms. The molecule has 0 unspecified atom stereocenters. The van der Waals surface area contributed by atoms with E-state index >= 15 is 0 Å². The van der Waals surface area contributed by atoms with Gasteiger partial charge in [0.05, 0.1) is 11.7 Å². The van der Waals surface area contributed by atoms with Crippen LogP contribution in [-0.2, 0) is 4.79 Å². The first-order valence-electron chi connectivity index (χ1n) is 12.1. The molecule has 8 nitrogen and oxygen atoms in total. The van der Waals surface area contributed by atoms with Gasteiger partial charge < -0.3 is 24.8 Å². The molecule has 0 spiro atoms. The standard InChI is InChI=1S/C25H29ClFN5O3/c1-3-19(33)30-10-11-31(15(2)13-30)24-20-23(35-14-16-12-28-8-9-32(16)25(20)34)21(26)22(29-24)17-6-4-5-7-18(17)27/h4-7,15-16,28H,3,8-14H2,1-2H3/t15-,16+/m0/s1. The monoisotopic (exact) mass is 501 g/mol. The lowest BCUT2D eigenvalue weighted by Crippen LogP contribution is -2.56. The quantitative estimate of drug-likeness (QED) is 0.697. The van der Waals surface area contributed by atoms with Crippen LogP contribution in [0.5, 0.6) is 5.75 Å². The van der Waals surface area contributed by atoms with Crippen molar-refractivity contribution in [3.8, 4) is 17.0 Å². The number of hydrogen-bond donors (Lipinski definition) is 1. The highest BCUT2D eigenvalue weighted by Crippen LogP contribution is 2.44. The zero-order valence-electron chi connectivity index (χ0n) is 19.9. The number of ether oxygens (including phenoxy) is 1. The van der Waals surface area contributed by atoms with E-state index in [-0.39, 0.29) is 52.5 Å². The predicted molar refractivity (Wildman–Crippen MR) is 132 cm³/mol. The maximum Gasteiger partial charge on any atom is 0.261 e. The van der Waals surface area contributed by atoms with Crippen LogP contribution >= 0.6 is 11.6 Å². The summed E-state index contributed by atoms with van der Waals surface area (Å²) in [5.74, 6) is 0.111. The molecule has 2 atom stereocenters. The molecule has 3 aliphatic heterocycles. The minimum Gasteiger partial charge on any atom is -0.489 e. The number of carbonyl (C=O) groups excluding carboxylic acids is 2. The number of piperazine rings is 2. The van der Waals surface area contributed by atoms with Gasteiger partial charge in [0, 0.05) is 57.3 Å². The largest absolute Gasteiger partial charge is 0.489 e. The van der Waals surface area contributed by atoms with Crippen molar-refractivity contribution in [2.24, 2.45) is 0 Å². The van der Waals surface area contributed by atoms with Crippen molar-refractivity contribution < 1.29 is 18.7 Å². The number of halogens is 2. The number of amides is 2. The first-order chi connectivity index (χ1) is 16.9. The van der Waals surface area contributed by atoms with Crippen LogP contribution in [0.3, 0.4) is 0 Å². The topological polar surface area (TPSA) is 78.0 Å². The molecule has 3 aliphatic rings. The molecule has 1 aromatic heterocycles. The third kappa shape index (κ3) is 4.21. The first kappa shape index (κ1) is 23.8. The lowest BCUT2D eigenvalue weighted by atomic mass is 10.0. The van der Waals surface area contributed by atoms with Crippen LogP contribution in [0.15, 0.2) is 24.3 Å². The molecule has 1 aromatic carbocycles. The Hall–Kier alpha value is -2.91. The van der Waals surface area contributed by atoms with Crippen molar-refractivity contribution in [1.82, 2.24) is 20.1 Å². The molecule has 0 radical (unpaired) electrons. The van der Waals surface area contributed by atoms with E-state index in [2.05, 4.69) is 5.32 Å². The Morgan fingerprint density at radius 2 is 2.06 bits per heavy atom. The van der Waals surface area contributed by atoms with Crippen LogP contribution in [0, 0.1) is 5.82 Å². The molecule has 4 heterocycles. The number of fused-ring (bicyclic) bond motifs is 2. The van der Waals surface area contributed by atoms with Gasteiger partial charge in [-0.25, -0.2) is 9.37 Å². The van der Waals surface area contributed by atoms with Crippen LogP contribution < -0.4 is 15.0 Å². The fourth-order valence-electron chi connectivity index (χ4n) is 5.12. The molecule has 2 saturated heterocycles. The molecular weight excluding hydrogens is 473 g/mol. The van der Waals surface area contributed by atoms with Crippen molar-refractivity contribution in [2.75, 3.05) is 50.8 Å². The number of anilines is 1. The number of hydrogen-bond acceptors (Lipinski definition) is 6. The highest BCUT2D eigenvalue weighted by Gasteiger charge is 2.40. The SMILES string of the molecule is CCC(=O)N1CCN(c2nc(-c3ccccc3F)c(Cl)c3c2C(=O)N2CCNC[C@@H]2CO3)[C@@H](C)C1. The lowest BCUT2D eigenvalue weighted by molar-refractivity contribution is -0.131. The fourth-order valence-corrected chi connectivity index (χ4v) is 5.41. The molecule has 1 N–H and O–H groups in total. The van der Waals surface area contributed by atoms with Crippen LogP contribution in [-0.4, -0.2) is 84.6 Å². The third-order valence-electron chi connectivity index (χ3n) is 7.00. The second-order valence-electron chi connectivity index (χ2n) is 9.19. The Bertz CT molecular complexity index is 1160. The number of carbonyl (C=O) groups is 2. The van der Waals surface area contributed by atoms with Gasteiger partial charge >= 0.3 is 0 Å². The molecule has 5 rings (SSSR count). The highest BCUT2D eigenvalue weighted by molar-refractivity contribution is 6.35. The summed E-state index contributed by atoms with van der Waals surface area (Å²) in [4.78, 5) is 36.7. The van der Waals surface area contributed by atoms with Crippen molar-refractivity contribution in [1.29, 1.82) is 0 Å². The number of benzene rings is 1. The number of aromatic nitrogens is 1. The van der Waals surface area contributed by atoms with Gasteiger partial charge in [0.1, 0.15) is 28.8 Å². The zero-order valence-corrected chi connectivity index (χ0v) is 20.6. The van der Waals surface area contributed by atoms with Gasteiger partial charge in [-0.2, -0.15) is 0 Å². The second kappa shape index (κ2) is 9.62. The van der Waals surface area contributed by atoms with Crippen LogP contribution in [0.4, 0.5) is 10.2 Å². The Labute approximate surface area is 209 Å². The number of pyridine rings is 1. The van der Waals surface area contributed by atoms with Crippen molar-refractivity contribution in [3.63, 3.8) is 0 Å². The van der Waals surface area contributed by atoms with E-state index < -0.39 is 5.82 Å². The first-order valence-corrected chi connectivity index (χ1v) is 12.5. The third-order valence-corrected chi connectivity index (χ3v) is 7.35. The molecule has 0 saturated carbocycles. The maximum atomic E-state index is 14.8. The molecule has 2 amide bonds. The van der Waals surface area contributed by atoms with Gasteiger partial charge in [0.2, 0.25) is 5.91 Å². The van der Waals surface area contributed by atoms with E-state index in [0.29, 0.717) is 57.1 Å². The molecule has 0 bridgehead atoms. The molecule has 2 aromatic rings. The normalized spacial score (nSPS) is 22.3. The van der Waals surface area contributed by atoms with Gasteiger partial charge in [-0.15, -0.1) is 0 Å². The van der Waals surface area contributed by atoms with Gasteiger partial charge in [0.15, 0.2) is 5.75 Å². The van der Waals surface area contributed by atoms with Crippen LogP contribution in [0.25, 0.3) is 11.3 Å². The molecule has 0 aliphatic carbocycles. The summed E-state index contributed by atoms with van der Waals surface area (Å²) in [5, 5.41) is 3.43. The summed E-state index contributed by atoms with van der Waals surface area (Å²) in [6.07, 6.45) is 0.440. The number of nitrogens with zero attached hydrogens (tertiary/aromatic N) is 4. The minimum atomic E-state index is -0.458.